The van der Waals surface area contributed by atoms with E-state index in [0.29, 0.717) is 0 Å². The average Bonchev–Trinajstić information content (AvgIpc) is 3.24. The van der Waals surface area contributed by atoms with Crippen LogP contribution < -0.4 is 10.6 Å². The number of para-hydroxylation sites is 1. The standard InChI is InChI=1S/C24H20N4O4/c29-23(24(30)27-17-9-6-10-18(13-17)28(31)32)26-14-20(16-7-2-1-3-8-16)21-15-25-22-12-5-4-11-19(21)22/h1-13,15,20,25H,14H2,(H,26,29)(H,27,30)/t20-/m0/s1. The number of hydrogen-bond acceptors (Lipinski definition) is 4. The summed E-state index contributed by atoms with van der Waals surface area (Å²) in [7, 11) is 0. The van der Waals surface area contributed by atoms with Crippen LogP contribution in [0.1, 0.15) is 17.0 Å². The number of fused-ring (bicyclic) bond motifs is 1. The van der Waals surface area contributed by atoms with Crippen LogP contribution in [0.25, 0.3) is 10.9 Å². The molecule has 0 aliphatic heterocycles. The lowest BCUT2D eigenvalue weighted by Gasteiger charge is -2.18. The Morgan fingerprint density at radius 1 is 0.938 bits per heavy atom. The van der Waals surface area contributed by atoms with Gasteiger partial charge in [0, 0.05) is 47.4 Å². The molecule has 0 aliphatic carbocycles. The highest BCUT2D eigenvalue weighted by Crippen LogP contribution is 2.30. The van der Waals surface area contributed by atoms with Gasteiger partial charge >= 0.3 is 11.8 Å². The number of benzene rings is 3. The molecule has 3 aromatic carbocycles. The van der Waals surface area contributed by atoms with Gasteiger partial charge in [-0.2, -0.15) is 0 Å². The van der Waals surface area contributed by atoms with Gasteiger partial charge in [-0.25, -0.2) is 0 Å². The Hall–Kier alpha value is -4.46. The molecule has 1 atom stereocenters. The summed E-state index contributed by atoms with van der Waals surface area (Å²) in [6.07, 6.45) is 1.91. The maximum Gasteiger partial charge on any atom is 0.313 e. The van der Waals surface area contributed by atoms with E-state index < -0.39 is 16.7 Å². The highest BCUT2D eigenvalue weighted by atomic mass is 16.6. The molecule has 4 rings (SSSR count). The van der Waals surface area contributed by atoms with Gasteiger partial charge < -0.3 is 15.6 Å². The molecule has 0 bridgehead atoms. The monoisotopic (exact) mass is 428 g/mol. The van der Waals surface area contributed by atoms with Crippen molar-refractivity contribution in [2.75, 3.05) is 11.9 Å². The van der Waals surface area contributed by atoms with Crippen molar-refractivity contribution in [1.29, 1.82) is 0 Å². The van der Waals surface area contributed by atoms with Crippen LogP contribution in [0.5, 0.6) is 0 Å². The Morgan fingerprint density at radius 2 is 1.69 bits per heavy atom. The third-order valence-electron chi connectivity index (χ3n) is 5.19. The van der Waals surface area contributed by atoms with Gasteiger partial charge in [0.25, 0.3) is 5.69 Å². The van der Waals surface area contributed by atoms with Gasteiger partial charge in [-0.15, -0.1) is 0 Å². The first kappa shape index (κ1) is 20.8. The van der Waals surface area contributed by atoms with Crippen molar-refractivity contribution in [2.45, 2.75) is 5.92 Å². The summed E-state index contributed by atoms with van der Waals surface area (Å²) < 4.78 is 0. The molecular weight excluding hydrogens is 408 g/mol. The number of hydrogen-bond donors (Lipinski definition) is 3. The van der Waals surface area contributed by atoms with Crippen molar-refractivity contribution >= 4 is 34.1 Å². The van der Waals surface area contributed by atoms with E-state index in [-0.39, 0.29) is 23.8 Å². The highest BCUT2D eigenvalue weighted by Gasteiger charge is 2.21. The molecule has 0 saturated heterocycles. The summed E-state index contributed by atoms with van der Waals surface area (Å²) in [5, 5.41) is 17.0. The fourth-order valence-electron chi connectivity index (χ4n) is 3.64. The fraction of sp³-hybridized carbons (Fsp3) is 0.0833. The van der Waals surface area contributed by atoms with Crippen LogP contribution in [0.2, 0.25) is 0 Å². The molecule has 0 spiro atoms. The second-order valence-electron chi connectivity index (χ2n) is 7.22. The summed E-state index contributed by atoms with van der Waals surface area (Å²) in [6.45, 7) is 0.201. The van der Waals surface area contributed by atoms with E-state index in [9.17, 15) is 19.7 Å². The van der Waals surface area contributed by atoms with E-state index in [1.54, 1.807) is 0 Å². The van der Waals surface area contributed by atoms with Gasteiger partial charge in [-0.1, -0.05) is 54.6 Å². The number of nitrogens with one attached hydrogen (secondary N) is 3. The second-order valence-corrected chi connectivity index (χ2v) is 7.22. The molecule has 8 heteroatoms. The molecule has 4 aromatic rings. The van der Waals surface area contributed by atoms with Crippen LogP contribution in [-0.4, -0.2) is 28.3 Å². The summed E-state index contributed by atoms with van der Waals surface area (Å²) in [6, 6.07) is 23.0. The van der Waals surface area contributed by atoms with Crippen molar-refractivity contribution in [3.05, 3.63) is 106 Å². The average molecular weight is 428 g/mol. The summed E-state index contributed by atoms with van der Waals surface area (Å²) >= 11 is 0. The van der Waals surface area contributed by atoms with E-state index in [2.05, 4.69) is 15.6 Å². The first-order valence-corrected chi connectivity index (χ1v) is 9.97. The van der Waals surface area contributed by atoms with E-state index in [4.69, 9.17) is 0 Å². The van der Waals surface area contributed by atoms with Crippen LogP contribution in [-0.2, 0) is 9.59 Å². The van der Waals surface area contributed by atoms with Gasteiger partial charge in [0.2, 0.25) is 0 Å². The fourth-order valence-corrected chi connectivity index (χ4v) is 3.64. The number of carbonyl (C=O) groups excluding carboxylic acids is 2. The molecule has 0 saturated carbocycles. The third kappa shape index (κ3) is 4.49. The Kier molecular flexibility index (Phi) is 5.94. The summed E-state index contributed by atoms with van der Waals surface area (Å²) in [4.78, 5) is 38.4. The molecule has 0 aliphatic rings. The number of H-pyrrole nitrogens is 1. The molecule has 32 heavy (non-hydrogen) atoms. The summed E-state index contributed by atoms with van der Waals surface area (Å²) in [5.74, 6) is -1.89. The SMILES string of the molecule is O=C(NC[C@@H](c1ccccc1)c1c[nH]c2ccccc12)C(=O)Nc1cccc([N+](=O)[O-])c1. The molecule has 0 fully saturated rings. The van der Waals surface area contributed by atoms with E-state index in [1.807, 2.05) is 60.8 Å². The van der Waals surface area contributed by atoms with E-state index in [1.165, 1.54) is 24.3 Å². The Balaban J connectivity index is 1.51. The second kappa shape index (κ2) is 9.13. The zero-order chi connectivity index (χ0) is 22.5. The molecule has 160 valence electrons. The number of nitro groups is 1. The maximum atomic E-state index is 12.5. The molecule has 2 amide bonds. The lowest BCUT2D eigenvalue weighted by atomic mass is 9.91. The molecule has 8 nitrogen and oxygen atoms in total. The van der Waals surface area contributed by atoms with Gasteiger partial charge in [0.15, 0.2) is 0 Å². The van der Waals surface area contributed by atoms with Crippen LogP contribution in [0.15, 0.2) is 85.1 Å². The van der Waals surface area contributed by atoms with Gasteiger partial charge in [0.1, 0.15) is 0 Å². The van der Waals surface area contributed by atoms with Crippen LogP contribution in [0, 0.1) is 10.1 Å². The van der Waals surface area contributed by atoms with Crippen molar-refractivity contribution in [3.63, 3.8) is 0 Å². The first-order valence-electron chi connectivity index (χ1n) is 9.97. The third-order valence-corrected chi connectivity index (χ3v) is 5.19. The molecule has 3 N–H and O–H groups in total. The lowest BCUT2D eigenvalue weighted by molar-refractivity contribution is -0.384. The Labute approximate surface area is 183 Å². The highest BCUT2D eigenvalue weighted by molar-refractivity contribution is 6.39. The van der Waals surface area contributed by atoms with Gasteiger partial charge in [0.05, 0.1) is 4.92 Å². The minimum Gasteiger partial charge on any atom is -0.361 e. The van der Waals surface area contributed by atoms with Crippen molar-refractivity contribution < 1.29 is 14.5 Å². The number of nitro benzene ring substituents is 1. The van der Waals surface area contributed by atoms with Crippen molar-refractivity contribution in [3.8, 4) is 0 Å². The van der Waals surface area contributed by atoms with Crippen molar-refractivity contribution in [1.82, 2.24) is 10.3 Å². The minimum atomic E-state index is -0.892. The topological polar surface area (TPSA) is 117 Å². The Morgan fingerprint density at radius 3 is 2.47 bits per heavy atom. The van der Waals surface area contributed by atoms with Gasteiger partial charge in [-0.05, 0) is 23.3 Å². The van der Waals surface area contributed by atoms with Gasteiger partial charge in [-0.3, -0.25) is 19.7 Å². The summed E-state index contributed by atoms with van der Waals surface area (Å²) in [5.41, 5.74) is 2.99. The smallest absolute Gasteiger partial charge is 0.313 e. The maximum absolute atomic E-state index is 12.5. The normalized spacial score (nSPS) is 11.6. The zero-order valence-electron chi connectivity index (χ0n) is 16.9. The largest absolute Gasteiger partial charge is 0.361 e. The number of anilines is 1. The first-order chi connectivity index (χ1) is 15.5. The van der Waals surface area contributed by atoms with E-state index >= 15 is 0 Å². The Bertz CT molecular complexity index is 1280. The van der Waals surface area contributed by atoms with Crippen LogP contribution in [0.4, 0.5) is 11.4 Å². The van der Waals surface area contributed by atoms with Crippen molar-refractivity contribution in [2.24, 2.45) is 0 Å². The number of nitrogens with zero attached hydrogens (tertiary/aromatic N) is 1. The zero-order valence-corrected chi connectivity index (χ0v) is 16.9. The molecule has 1 aromatic heterocycles. The van der Waals surface area contributed by atoms with E-state index in [0.717, 1.165) is 22.0 Å². The molecule has 0 unspecified atom stereocenters. The number of aromatic nitrogens is 1. The lowest BCUT2D eigenvalue weighted by Crippen LogP contribution is -2.37. The molecule has 1 heterocycles. The predicted octanol–water partition coefficient (Wildman–Crippen LogP) is 3.96. The predicted molar refractivity (Wildman–Crippen MR) is 121 cm³/mol. The number of carbonyl (C=O) groups is 2. The molecule has 0 radical (unpaired) electrons. The number of rotatable bonds is 6. The number of non-ortho nitro benzene ring substituents is 1. The number of amides is 2. The quantitative estimate of drug-likeness (QED) is 0.245. The number of aromatic amines is 1. The van der Waals surface area contributed by atoms with Crippen LogP contribution in [0.3, 0.4) is 0 Å². The molecular formula is C24H20N4O4. The van der Waals surface area contributed by atoms with Crippen LogP contribution >= 0.6 is 0 Å². The minimum absolute atomic E-state index is 0.174.